The van der Waals surface area contributed by atoms with Crippen molar-refractivity contribution < 1.29 is 19.7 Å². The average molecular weight is 891 g/mol. The number of hydrogen-bond donors (Lipinski definition) is 2. The number of aliphatic hydroxyl groups is 2. The van der Waals surface area contributed by atoms with Crippen LogP contribution in [0.2, 0.25) is 0 Å². The zero-order valence-electron chi connectivity index (χ0n) is 37.8. The van der Waals surface area contributed by atoms with Gasteiger partial charge in [0.2, 0.25) is 0 Å². The molecular formula is C65H46O4. The lowest BCUT2D eigenvalue weighted by Gasteiger charge is -2.37. The summed E-state index contributed by atoms with van der Waals surface area (Å²) >= 11 is 0. The molecule has 0 spiro atoms. The van der Waals surface area contributed by atoms with Gasteiger partial charge in [-0.2, -0.15) is 0 Å². The third kappa shape index (κ3) is 6.44. The van der Waals surface area contributed by atoms with Gasteiger partial charge in [0.1, 0.15) is 24.7 Å². The van der Waals surface area contributed by atoms with Crippen LogP contribution in [-0.2, 0) is 5.41 Å². The maximum atomic E-state index is 9.61. The predicted octanol–water partition coefficient (Wildman–Crippen LogP) is 15.0. The summed E-state index contributed by atoms with van der Waals surface area (Å²) in [6, 6.07) is 80.3. The molecule has 0 atom stereocenters. The van der Waals surface area contributed by atoms with Gasteiger partial charge in [0.05, 0.1) is 18.6 Å². The van der Waals surface area contributed by atoms with Crippen molar-refractivity contribution in [2.75, 3.05) is 26.4 Å². The monoisotopic (exact) mass is 890 g/mol. The molecule has 0 heterocycles. The third-order valence-electron chi connectivity index (χ3n) is 14.5. The molecule has 12 aromatic carbocycles. The third-order valence-corrected chi connectivity index (χ3v) is 14.5. The number of aliphatic hydroxyl groups excluding tert-OH is 2. The van der Waals surface area contributed by atoms with Gasteiger partial charge >= 0.3 is 0 Å². The molecule has 0 aliphatic heterocycles. The molecular weight excluding hydrogens is 845 g/mol. The maximum Gasteiger partial charge on any atom is 0.120 e. The Bertz CT molecular complexity index is 3650. The Balaban J connectivity index is 1.22. The van der Waals surface area contributed by atoms with Crippen LogP contribution < -0.4 is 9.47 Å². The second-order valence-electron chi connectivity index (χ2n) is 18.2. The van der Waals surface area contributed by atoms with E-state index < -0.39 is 5.41 Å². The smallest absolute Gasteiger partial charge is 0.120 e. The van der Waals surface area contributed by atoms with Crippen LogP contribution in [0.3, 0.4) is 0 Å². The van der Waals surface area contributed by atoms with Crippen LogP contribution in [0.4, 0.5) is 0 Å². The second kappa shape index (κ2) is 16.5. The average Bonchev–Trinajstić information content (AvgIpc) is 3.72. The fourth-order valence-electron chi connectivity index (χ4n) is 11.7. The van der Waals surface area contributed by atoms with Gasteiger partial charge in [-0.3, -0.25) is 0 Å². The van der Waals surface area contributed by atoms with E-state index in [-0.39, 0.29) is 26.4 Å². The van der Waals surface area contributed by atoms with E-state index in [1.807, 2.05) is 12.1 Å². The molecule has 0 fully saturated rings. The van der Waals surface area contributed by atoms with Gasteiger partial charge in [0.25, 0.3) is 0 Å². The van der Waals surface area contributed by atoms with E-state index in [2.05, 4.69) is 206 Å². The topological polar surface area (TPSA) is 58.9 Å². The van der Waals surface area contributed by atoms with Crippen molar-refractivity contribution in [3.8, 4) is 44.9 Å². The van der Waals surface area contributed by atoms with Crippen molar-refractivity contribution in [2.45, 2.75) is 5.41 Å². The summed E-state index contributed by atoms with van der Waals surface area (Å²) in [6.45, 7) is 0.358. The highest BCUT2D eigenvalue weighted by molar-refractivity contribution is 6.17. The molecule has 4 heteroatoms. The fourth-order valence-corrected chi connectivity index (χ4v) is 11.7. The minimum atomic E-state index is -0.881. The summed E-state index contributed by atoms with van der Waals surface area (Å²) < 4.78 is 11.9. The van der Waals surface area contributed by atoms with Gasteiger partial charge in [-0.1, -0.05) is 170 Å². The van der Waals surface area contributed by atoms with Crippen LogP contribution in [0.25, 0.3) is 98.0 Å². The van der Waals surface area contributed by atoms with Crippen LogP contribution in [0.1, 0.15) is 22.3 Å². The van der Waals surface area contributed by atoms with E-state index in [4.69, 9.17) is 9.47 Å². The standard InChI is InChI=1S/C65H46O4/c66-31-33-68-51-29-25-41-37-49(27-23-43(41)39-51)65(50-28-24-44-40-52(69-34-32-67)30-26-42(44)38-50)63-57(19-9-21-59(63)61-53-15-5-1-11-45(53)35-46-12-2-6-16-54(46)61)58-20-10-22-60(64(58)65)62-55-17-7-3-13-47(55)36-48-14-4-8-18-56(48)62/h1-30,35-40,66-67H,31-34H2. The predicted molar refractivity (Wildman–Crippen MR) is 285 cm³/mol. The lowest BCUT2D eigenvalue weighted by atomic mass is 9.63. The van der Waals surface area contributed by atoms with E-state index >= 15 is 0 Å². The Kier molecular flexibility index (Phi) is 9.79. The van der Waals surface area contributed by atoms with Crippen molar-refractivity contribution in [1.29, 1.82) is 0 Å². The fraction of sp³-hybridized carbons (Fsp3) is 0.0769. The summed E-state index contributed by atoms with van der Waals surface area (Å²) in [5.74, 6) is 1.45. The van der Waals surface area contributed by atoms with Gasteiger partial charge in [-0.05, 0) is 169 Å². The summed E-state index contributed by atoms with van der Waals surface area (Å²) in [6.07, 6.45) is 0. The molecule has 12 aromatic rings. The molecule has 1 aliphatic carbocycles. The summed E-state index contributed by atoms with van der Waals surface area (Å²) in [4.78, 5) is 0. The number of benzene rings is 12. The van der Waals surface area contributed by atoms with Crippen LogP contribution in [0.15, 0.2) is 218 Å². The number of rotatable bonds is 10. The first kappa shape index (κ1) is 41.0. The van der Waals surface area contributed by atoms with Crippen molar-refractivity contribution in [2.24, 2.45) is 0 Å². The number of hydrogen-bond acceptors (Lipinski definition) is 4. The SMILES string of the molecule is OCCOc1ccc2cc(C3(c4ccc5cc(OCCO)ccc5c4)c4c(cccc4-c4c5ccccc5cc5ccccc45)-c4cccc(-c5c6ccccc6cc6ccccc56)c43)ccc2c1. The van der Waals surface area contributed by atoms with Gasteiger partial charge in [-0.25, -0.2) is 0 Å². The molecule has 0 radical (unpaired) electrons. The van der Waals surface area contributed by atoms with Crippen LogP contribution in [0.5, 0.6) is 11.5 Å². The summed E-state index contributed by atoms with van der Waals surface area (Å²) in [5, 5.41) is 33.1. The van der Waals surface area contributed by atoms with Crippen LogP contribution in [0, 0.1) is 0 Å². The molecule has 0 saturated carbocycles. The molecule has 4 nitrogen and oxygen atoms in total. The van der Waals surface area contributed by atoms with Gasteiger partial charge < -0.3 is 19.7 Å². The molecule has 2 N–H and O–H groups in total. The lowest BCUT2D eigenvalue weighted by molar-refractivity contribution is 0.201. The van der Waals surface area contributed by atoms with Crippen molar-refractivity contribution in [3.63, 3.8) is 0 Å². The second-order valence-corrected chi connectivity index (χ2v) is 18.2. The molecule has 0 unspecified atom stereocenters. The molecule has 1 aliphatic rings. The Morgan fingerprint density at radius 2 is 0.652 bits per heavy atom. The maximum absolute atomic E-state index is 9.61. The highest BCUT2D eigenvalue weighted by Crippen LogP contribution is 2.63. The van der Waals surface area contributed by atoms with E-state index in [9.17, 15) is 10.2 Å². The first-order valence-corrected chi connectivity index (χ1v) is 23.8. The van der Waals surface area contributed by atoms with Crippen molar-refractivity contribution >= 4 is 64.6 Å². The van der Waals surface area contributed by atoms with Gasteiger partial charge in [0, 0.05) is 0 Å². The Morgan fingerprint density at radius 3 is 1.04 bits per heavy atom. The minimum absolute atomic E-state index is 0.0519. The molecule has 13 rings (SSSR count). The van der Waals surface area contributed by atoms with E-state index in [0.717, 1.165) is 44.2 Å². The van der Waals surface area contributed by atoms with Crippen molar-refractivity contribution in [3.05, 3.63) is 241 Å². The zero-order valence-corrected chi connectivity index (χ0v) is 37.8. The molecule has 0 bridgehead atoms. The largest absolute Gasteiger partial charge is 0.491 e. The highest BCUT2D eigenvalue weighted by atomic mass is 16.5. The molecule has 69 heavy (non-hydrogen) atoms. The first-order chi connectivity index (χ1) is 34.1. The van der Waals surface area contributed by atoms with E-state index in [1.165, 1.54) is 87.6 Å². The molecule has 0 saturated heterocycles. The summed E-state index contributed by atoms with van der Waals surface area (Å²) in [7, 11) is 0. The first-order valence-electron chi connectivity index (χ1n) is 23.8. The quantitative estimate of drug-likeness (QED) is 0.134. The van der Waals surface area contributed by atoms with Gasteiger partial charge in [0.15, 0.2) is 0 Å². The number of fused-ring (bicyclic) bond motifs is 9. The molecule has 0 aromatic heterocycles. The normalized spacial score (nSPS) is 12.8. The van der Waals surface area contributed by atoms with Crippen molar-refractivity contribution in [1.82, 2.24) is 0 Å². The zero-order chi connectivity index (χ0) is 46.1. The molecule has 330 valence electrons. The number of ether oxygens (including phenoxy) is 2. The molecule has 0 amide bonds. The Hall–Kier alpha value is -8.28. The Labute approximate surface area is 399 Å². The van der Waals surface area contributed by atoms with Crippen LogP contribution in [-0.4, -0.2) is 36.6 Å². The van der Waals surface area contributed by atoms with Crippen LogP contribution >= 0.6 is 0 Å². The highest BCUT2D eigenvalue weighted by Gasteiger charge is 2.50. The summed E-state index contributed by atoms with van der Waals surface area (Å²) in [5.41, 5.74) is 11.1. The lowest BCUT2D eigenvalue weighted by Crippen LogP contribution is -2.30. The Morgan fingerprint density at radius 1 is 0.304 bits per heavy atom. The van der Waals surface area contributed by atoms with E-state index in [1.54, 1.807) is 0 Å². The van der Waals surface area contributed by atoms with Gasteiger partial charge in [-0.15, -0.1) is 0 Å². The minimum Gasteiger partial charge on any atom is -0.491 e. The van der Waals surface area contributed by atoms with E-state index in [0.29, 0.717) is 0 Å².